The van der Waals surface area contributed by atoms with E-state index in [9.17, 15) is 29.1 Å². The molecule has 308 valence electrons. The van der Waals surface area contributed by atoms with Gasteiger partial charge in [-0.25, -0.2) is 0 Å². The van der Waals surface area contributed by atoms with Gasteiger partial charge in [-0.05, 0) is 62.4 Å². The van der Waals surface area contributed by atoms with Crippen molar-refractivity contribution in [2.24, 2.45) is 11.8 Å². The molecule has 3 aromatic carbocycles. The third-order valence-electron chi connectivity index (χ3n) is 10.5. The number of anilines is 2. The Morgan fingerprint density at radius 3 is 2.40 bits per heavy atom. The lowest BCUT2D eigenvalue weighted by atomic mass is 9.82. The second kappa shape index (κ2) is 20.0. The molecule has 4 N–H and O–H groups in total. The summed E-state index contributed by atoms with van der Waals surface area (Å²) in [4.78, 5) is 68.2. The maximum Gasteiger partial charge on any atom is 0.230 e. The number of likely N-dealkylation sites (N-methyl/N-ethyl adjacent to an activating group) is 1. The van der Waals surface area contributed by atoms with Gasteiger partial charge in [-0.3, -0.25) is 34.2 Å². The van der Waals surface area contributed by atoms with Crippen LogP contribution >= 0.6 is 11.6 Å². The van der Waals surface area contributed by atoms with E-state index in [1.165, 1.54) is 12.1 Å². The topological polar surface area (TPSA) is 176 Å². The van der Waals surface area contributed by atoms with Gasteiger partial charge in [-0.15, -0.1) is 0 Å². The summed E-state index contributed by atoms with van der Waals surface area (Å²) in [6.07, 6.45) is 3.31. The van der Waals surface area contributed by atoms with Gasteiger partial charge >= 0.3 is 0 Å². The standard InChI is InChI=1S/C43H50ClN5O9/c1-3-58-37-25-36(51)32(23-28(37)26-49-17-15-48(2)16-18-49)35(50)11-8-27-7-9-29(24-33(27)44)45-13-19-56-21-22-57-20-14-46-34-6-4-5-30-39(34)42(54)40(41(30)53)31-10-12-38(52)47-43(31)55/h4-9,11,23-25,31,40,45-46,51H,3,10,12-22,26H2,1-2H3,(H,47,52,55)/b11-8+. The summed E-state index contributed by atoms with van der Waals surface area (Å²) in [5.41, 5.74) is 3.55. The van der Waals surface area contributed by atoms with E-state index < -0.39 is 35.2 Å². The van der Waals surface area contributed by atoms with Crippen molar-refractivity contribution in [3.63, 3.8) is 0 Å². The van der Waals surface area contributed by atoms with Crippen LogP contribution in [-0.4, -0.2) is 123 Å². The van der Waals surface area contributed by atoms with Crippen molar-refractivity contribution < 1.29 is 43.3 Å². The van der Waals surface area contributed by atoms with Crippen LogP contribution in [0.1, 0.15) is 62.0 Å². The molecule has 15 heteroatoms. The summed E-state index contributed by atoms with van der Waals surface area (Å²) in [6, 6.07) is 13.7. The Hall–Kier alpha value is -5.12. The van der Waals surface area contributed by atoms with Gasteiger partial charge in [0.25, 0.3) is 0 Å². The van der Waals surface area contributed by atoms with Crippen LogP contribution in [0.5, 0.6) is 11.5 Å². The Kier molecular flexibility index (Phi) is 14.7. The predicted octanol–water partition coefficient (Wildman–Crippen LogP) is 4.69. The van der Waals surface area contributed by atoms with Crippen LogP contribution < -0.4 is 20.7 Å². The van der Waals surface area contributed by atoms with Gasteiger partial charge in [0.2, 0.25) is 11.8 Å². The van der Waals surface area contributed by atoms with Crippen molar-refractivity contribution in [2.75, 3.05) is 90.0 Å². The number of hydrogen-bond acceptors (Lipinski definition) is 13. The minimum absolute atomic E-state index is 0.0961. The maximum atomic E-state index is 13.3. The number of rotatable bonds is 19. The number of nitrogens with zero attached hydrogens (tertiary/aromatic N) is 2. The van der Waals surface area contributed by atoms with Gasteiger partial charge in [0.1, 0.15) is 11.5 Å². The molecule has 0 radical (unpaired) electrons. The minimum Gasteiger partial charge on any atom is -0.507 e. The minimum atomic E-state index is -1.12. The number of allylic oxidation sites excluding steroid dienone is 1. The van der Waals surface area contributed by atoms with Crippen LogP contribution in [0.25, 0.3) is 6.08 Å². The lowest BCUT2D eigenvalue weighted by Crippen LogP contribution is -2.46. The van der Waals surface area contributed by atoms with Crippen molar-refractivity contribution in [1.29, 1.82) is 0 Å². The number of benzene rings is 3. The van der Waals surface area contributed by atoms with Gasteiger partial charge in [0, 0.05) is 85.8 Å². The lowest BCUT2D eigenvalue weighted by Gasteiger charge is -2.32. The third kappa shape index (κ3) is 10.5. The Morgan fingerprint density at radius 1 is 0.948 bits per heavy atom. The van der Waals surface area contributed by atoms with Crippen LogP contribution in [0, 0.1) is 11.8 Å². The number of halogens is 1. The highest BCUT2D eigenvalue weighted by molar-refractivity contribution is 6.32. The summed E-state index contributed by atoms with van der Waals surface area (Å²) in [5.74, 6) is -3.66. The third-order valence-corrected chi connectivity index (χ3v) is 10.8. The largest absolute Gasteiger partial charge is 0.507 e. The van der Waals surface area contributed by atoms with E-state index in [2.05, 4.69) is 32.8 Å². The van der Waals surface area contributed by atoms with E-state index in [0.717, 1.165) is 37.4 Å². The van der Waals surface area contributed by atoms with Crippen molar-refractivity contribution in [2.45, 2.75) is 26.3 Å². The molecule has 0 bridgehead atoms. The molecular formula is C43H50ClN5O9. The average molecular weight is 816 g/mol. The van der Waals surface area contributed by atoms with Gasteiger partial charge < -0.3 is 34.9 Å². The van der Waals surface area contributed by atoms with Crippen LogP contribution in [0.2, 0.25) is 5.02 Å². The zero-order valence-electron chi connectivity index (χ0n) is 32.8. The monoisotopic (exact) mass is 815 g/mol. The quantitative estimate of drug-likeness (QED) is 0.0432. The fourth-order valence-electron chi connectivity index (χ4n) is 7.35. The molecule has 0 spiro atoms. The number of phenols is 1. The van der Waals surface area contributed by atoms with Crippen molar-refractivity contribution in [3.8, 4) is 11.5 Å². The zero-order valence-corrected chi connectivity index (χ0v) is 33.6. The smallest absolute Gasteiger partial charge is 0.230 e. The highest BCUT2D eigenvalue weighted by Gasteiger charge is 2.48. The summed E-state index contributed by atoms with van der Waals surface area (Å²) in [5, 5.41) is 19.8. The first-order chi connectivity index (χ1) is 28.0. The Labute approximate surface area is 342 Å². The van der Waals surface area contributed by atoms with Crippen molar-refractivity contribution in [3.05, 3.63) is 87.4 Å². The lowest BCUT2D eigenvalue weighted by molar-refractivity contribution is -0.137. The molecule has 14 nitrogen and oxygen atoms in total. The van der Waals surface area contributed by atoms with Gasteiger partial charge in [-0.2, -0.15) is 0 Å². The molecule has 2 saturated heterocycles. The maximum absolute atomic E-state index is 13.3. The number of fused-ring (bicyclic) bond motifs is 1. The van der Waals surface area contributed by atoms with Crippen LogP contribution in [0.15, 0.2) is 54.6 Å². The van der Waals surface area contributed by atoms with Gasteiger partial charge in [0.15, 0.2) is 17.3 Å². The van der Waals surface area contributed by atoms with E-state index in [-0.39, 0.29) is 41.1 Å². The Bertz CT molecular complexity index is 2050. The number of imide groups is 1. The molecular weight excluding hydrogens is 766 g/mol. The number of piperidine rings is 1. The summed E-state index contributed by atoms with van der Waals surface area (Å²) >= 11 is 6.55. The number of hydrogen-bond donors (Lipinski definition) is 4. The molecule has 2 fully saturated rings. The number of piperazine rings is 1. The zero-order chi connectivity index (χ0) is 41.2. The van der Waals surface area contributed by atoms with E-state index in [4.69, 9.17) is 25.8 Å². The van der Waals surface area contributed by atoms with Crippen LogP contribution in [-0.2, 0) is 25.6 Å². The molecule has 58 heavy (non-hydrogen) atoms. The molecule has 2 amide bonds. The summed E-state index contributed by atoms with van der Waals surface area (Å²) < 4.78 is 17.1. The first kappa shape index (κ1) is 42.5. The molecule has 3 aliphatic rings. The number of aromatic hydroxyl groups is 1. The molecule has 2 aliphatic heterocycles. The second-order valence-corrected chi connectivity index (χ2v) is 14.9. The average Bonchev–Trinajstić information content (AvgIpc) is 3.46. The fraction of sp³-hybridized carbons (Fsp3) is 0.419. The van der Waals surface area contributed by atoms with Crippen molar-refractivity contribution in [1.82, 2.24) is 15.1 Å². The number of nitrogens with one attached hydrogen (secondary N) is 3. The van der Waals surface area contributed by atoms with E-state index in [1.54, 1.807) is 36.4 Å². The van der Waals surface area contributed by atoms with Gasteiger partial charge in [-0.1, -0.05) is 29.8 Å². The Morgan fingerprint density at radius 2 is 1.69 bits per heavy atom. The van der Waals surface area contributed by atoms with Crippen molar-refractivity contribution >= 4 is 58.2 Å². The Balaban J connectivity index is 0.893. The molecule has 0 aromatic heterocycles. The SMILES string of the molecule is CCOc1cc(O)c(C(=O)/C=C/c2ccc(NCCOCCOCCNc3cccc4c3C(=O)C(C3CCC(=O)NC3=O)C4=O)cc2Cl)cc1CN1CCN(C)CC1. The molecule has 0 saturated carbocycles. The first-order valence-electron chi connectivity index (χ1n) is 19.6. The summed E-state index contributed by atoms with van der Waals surface area (Å²) in [6.45, 7) is 9.06. The predicted molar refractivity (Wildman–Crippen MR) is 220 cm³/mol. The number of ether oxygens (including phenoxy) is 3. The number of carbonyl (C=O) groups is 5. The molecule has 6 rings (SSSR count). The number of phenolic OH excluding ortho intramolecular Hbond substituents is 1. The molecule has 2 unspecified atom stereocenters. The van der Waals surface area contributed by atoms with Gasteiger partial charge in [0.05, 0.1) is 56.0 Å². The number of ketones is 3. The summed E-state index contributed by atoms with van der Waals surface area (Å²) in [7, 11) is 2.10. The van der Waals surface area contributed by atoms with E-state index >= 15 is 0 Å². The number of amides is 2. The second-order valence-electron chi connectivity index (χ2n) is 14.5. The molecule has 2 atom stereocenters. The molecule has 3 aromatic rings. The normalized spacial score (nSPS) is 18.7. The van der Waals surface area contributed by atoms with Crippen LogP contribution in [0.3, 0.4) is 0 Å². The number of carbonyl (C=O) groups excluding carboxylic acids is 5. The van der Waals surface area contributed by atoms with E-state index in [0.29, 0.717) is 74.7 Å². The molecule has 2 heterocycles. The highest BCUT2D eigenvalue weighted by Crippen LogP contribution is 2.38. The molecule has 1 aliphatic carbocycles. The van der Waals surface area contributed by atoms with E-state index in [1.807, 2.05) is 19.1 Å². The first-order valence-corrected chi connectivity index (χ1v) is 20.0. The number of Topliss-reactive ketones (excluding diaryl/α,β-unsaturated/α-hetero) is 2. The van der Waals surface area contributed by atoms with Crippen LogP contribution in [0.4, 0.5) is 11.4 Å². The fourth-order valence-corrected chi connectivity index (χ4v) is 7.60. The highest BCUT2D eigenvalue weighted by atomic mass is 35.5.